The van der Waals surface area contributed by atoms with Crippen molar-refractivity contribution in [2.75, 3.05) is 45.8 Å². The third-order valence-corrected chi connectivity index (χ3v) is 6.39. The molecule has 2 fully saturated rings. The van der Waals surface area contributed by atoms with Crippen molar-refractivity contribution in [3.8, 4) is 0 Å². The molecule has 28 heavy (non-hydrogen) atoms. The average molecular weight is 401 g/mol. The highest BCUT2D eigenvalue weighted by molar-refractivity contribution is 7.07. The number of carbonyl (C=O) groups excluding carboxylic acids is 1. The summed E-state index contributed by atoms with van der Waals surface area (Å²) in [5, 5.41) is 4.34. The van der Waals surface area contributed by atoms with Crippen molar-refractivity contribution in [3.63, 3.8) is 0 Å². The van der Waals surface area contributed by atoms with Crippen molar-refractivity contribution < 1.29 is 4.79 Å². The van der Waals surface area contributed by atoms with E-state index in [2.05, 4.69) is 38.1 Å². The lowest BCUT2D eigenvalue weighted by molar-refractivity contribution is -0.138. The topological polar surface area (TPSA) is 52.8 Å². The summed E-state index contributed by atoms with van der Waals surface area (Å²) in [5.74, 6) is 0.537. The summed E-state index contributed by atoms with van der Waals surface area (Å²) in [6.45, 7) is 11.2. The molecule has 0 unspecified atom stereocenters. The lowest BCUT2D eigenvalue weighted by atomic mass is 9.94. The lowest BCUT2D eigenvalue weighted by Crippen LogP contribution is -2.51. The Kier molecular flexibility index (Phi) is 7.89. The van der Waals surface area contributed by atoms with Gasteiger partial charge in [0.1, 0.15) is 0 Å². The molecule has 3 rings (SSSR count). The number of carbonyl (C=O) groups is 1. The number of likely N-dealkylation sites (tertiary alicyclic amines) is 1. The number of thiophene rings is 1. The standard InChI is InChI=1S/C22H32N4OS/c1-2-3-19(4-8-23)16-24-9-5-21(6-10-24)22(27)26-13-11-25(12-14-26)17-20-7-15-28-18-20/h2-4,7-8,15,18,21H,1,5-6,9-14,16-17,23H2/b8-4-,19-3+. The molecular weight excluding hydrogens is 368 g/mol. The Morgan fingerprint density at radius 2 is 1.93 bits per heavy atom. The maximum atomic E-state index is 12.9. The van der Waals surface area contributed by atoms with E-state index >= 15 is 0 Å². The van der Waals surface area contributed by atoms with Gasteiger partial charge >= 0.3 is 0 Å². The van der Waals surface area contributed by atoms with Gasteiger partial charge in [0.2, 0.25) is 5.91 Å². The van der Waals surface area contributed by atoms with Crippen LogP contribution >= 0.6 is 11.3 Å². The minimum atomic E-state index is 0.177. The monoisotopic (exact) mass is 400 g/mol. The first-order valence-corrected chi connectivity index (χ1v) is 11.1. The van der Waals surface area contributed by atoms with Crippen LogP contribution in [0, 0.1) is 5.92 Å². The van der Waals surface area contributed by atoms with E-state index < -0.39 is 0 Å². The maximum absolute atomic E-state index is 12.9. The van der Waals surface area contributed by atoms with Gasteiger partial charge in [0.05, 0.1) is 0 Å². The molecule has 0 bridgehead atoms. The molecule has 0 atom stereocenters. The molecule has 2 aliphatic heterocycles. The predicted molar refractivity (Wildman–Crippen MR) is 117 cm³/mol. The lowest BCUT2D eigenvalue weighted by Gasteiger charge is -2.38. The highest BCUT2D eigenvalue weighted by Crippen LogP contribution is 2.22. The summed E-state index contributed by atoms with van der Waals surface area (Å²) in [4.78, 5) is 19.9. The molecule has 0 spiro atoms. The summed E-state index contributed by atoms with van der Waals surface area (Å²) >= 11 is 1.75. The van der Waals surface area contributed by atoms with Gasteiger partial charge in [-0.15, -0.1) is 0 Å². The Hall–Kier alpha value is -1.89. The molecule has 5 nitrogen and oxygen atoms in total. The van der Waals surface area contributed by atoms with Gasteiger partial charge in [0.25, 0.3) is 0 Å². The van der Waals surface area contributed by atoms with E-state index in [1.807, 2.05) is 12.2 Å². The Labute approximate surface area is 172 Å². The molecule has 3 heterocycles. The SMILES string of the molecule is C=C/C=C(\C=C/N)CN1CCC(C(=O)N2CCN(Cc3ccsc3)CC2)CC1. The largest absolute Gasteiger partial charge is 0.405 e. The van der Waals surface area contributed by atoms with Crippen molar-refractivity contribution in [3.05, 3.63) is 59.0 Å². The van der Waals surface area contributed by atoms with Crippen molar-refractivity contribution in [2.45, 2.75) is 19.4 Å². The fourth-order valence-electron chi connectivity index (χ4n) is 4.06. The number of nitrogens with two attached hydrogens (primary N) is 1. The fourth-order valence-corrected chi connectivity index (χ4v) is 4.72. The summed E-state index contributed by atoms with van der Waals surface area (Å²) in [6, 6.07) is 2.19. The molecule has 152 valence electrons. The highest BCUT2D eigenvalue weighted by Gasteiger charge is 2.30. The van der Waals surface area contributed by atoms with E-state index in [-0.39, 0.29) is 5.92 Å². The zero-order chi connectivity index (χ0) is 19.8. The molecule has 0 aromatic carbocycles. The summed E-state index contributed by atoms with van der Waals surface area (Å²) < 4.78 is 0. The van der Waals surface area contributed by atoms with Crippen LogP contribution in [0.1, 0.15) is 18.4 Å². The molecule has 0 saturated carbocycles. The molecule has 2 aliphatic rings. The van der Waals surface area contributed by atoms with Gasteiger partial charge in [0, 0.05) is 45.2 Å². The molecule has 0 aliphatic carbocycles. The van der Waals surface area contributed by atoms with Crippen LogP contribution in [-0.4, -0.2) is 66.4 Å². The summed E-state index contributed by atoms with van der Waals surface area (Å²) in [7, 11) is 0. The second-order valence-corrected chi connectivity index (χ2v) is 8.40. The van der Waals surface area contributed by atoms with Crippen LogP contribution in [0.5, 0.6) is 0 Å². The normalized spacial score (nSPS) is 20.7. The Balaban J connectivity index is 1.41. The van der Waals surface area contributed by atoms with Gasteiger partial charge < -0.3 is 10.6 Å². The van der Waals surface area contributed by atoms with Crippen LogP contribution in [0.4, 0.5) is 0 Å². The van der Waals surface area contributed by atoms with Crippen LogP contribution in [0.3, 0.4) is 0 Å². The fraction of sp³-hybridized carbons (Fsp3) is 0.500. The third-order valence-electron chi connectivity index (χ3n) is 5.66. The minimum absolute atomic E-state index is 0.177. The van der Waals surface area contributed by atoms with Gasteiger partial charge in [-0.2, -0.15) is 11.3 Å². The third kappa shape index (κ3) is 5.80. The Bertz CT molecular complexity index is 681. The van der Waals surface area contributed by atoms with E-state index in [0.717, 1.165) is 70.8 Å². The average Bonchev–Trinajstić information content (AvgIpc) is 3.22. The van der Waals surface area contributed by atoms with E-state index in [1.54, 1.807) is 23.6 Å². The van der Waals surface area contributed by atoms with Crippen LogP contribution in [0.15, 0.2) is 53.4 Å². The van der Waals surface area contributed by atoms with Crippen LogP contribution < -0.4 is 5.73 Å². The van der Waals surface area contributed by atoms with E-state index in [4.69, 9.17) is 5.73 Å². The molecule has 1 amide bonds. The first-order valence-electron chi connectivity index (χ1n) is 10.1. The van der Waals surface area contributed by atoms with Gasteiger partial charge in [-0.3, -0.25) is 14.6 Å². The molecular formula is C22H32N4OS. The molecule has 6 heteroatoms. The van der Waals surface area contributed by atoms with Crippen LogP contribution in [0.25, 0.3) is 0 Å². The number of piperidine rings is 1. The second-order valence-electron chi connectivity index (χ2n) is 7.62. The zero-order valence-electron chi connectivity index (χ0n) is 16.6. The van der Waals surface area contributed by atoms with E-state index in [0.29, 0.717) is 5.91 Å². The first kappa shape index (κ1) is 20.8. The second kappa shape index (κ2) is 10.6. The molecule has 2 saturated heterocycles. The summed E-state index contributed by atoms with van der Waals surface area (Å²) in [5.41, 5.74) is 8.07. The number of hydrogen-bond donors (Lipinski definition) is 1. The van der Waals surface area contributed by atoms with Crippen LogP contribution in [0.2, 0.25) is 0 Å². The van der Waals surface area contributed by atoms with Crippen molar-refractivity contribution in [1.82, 2.24) is 14.7 Å². The van der Waals surface area contributed by atoms with Crippen molar-refractivity contribution >= 4 is 17.2 Å². The first-order chi connectivity index (χ1) is 13.7. The molecule has 1 aromatic rings. The number of rotatable bonds is 7. The quantitative estimate of drug-likeness (QED) is 0.715. The maximum Gasteiger partial charge on any atom is 0.225 e. The molecule has 0 radical (unpaired) electrons. The van der Waals surface area contributed by atoms with Crippen LogP contribution in [-0.2, 0) is 11.3 Å². The highest BCUT2D eigenvalue weighted by atomic mass is 32.1. The number of piperazine rings is 1. The van der Waals surface area contributed by atoms with E-state index in [9.17, 15) is 4.79 Å². The molecule has 1 aromatic heterocycles. The Morgan fingerprint density at radius 3 is 2.54 bits per heavy atom. The van der Waals surface area contributed by atoms with Gasteiger partial charge in [-0.1, -0.05) is 18.7 Å². The predicted octanol–water partition coefficient (Wildman–Crippen LogP) is 2.69. The number of nitrogens with zero attached hydrogens (tertiary/aromatic N) is 3. The van der Waals surface area contributed by atoms with Gasteiger partial charge in [-0.05, 0) is 66.2 Å². The Morgan fingerprint density at radius 1 is 1.18 bits per heavy atom. The summed E-state index contributed by atoms with van der Waals surface area (Å²) in [6.07, 6.45) is 9.18. The number of hydrogen-bond acceptors (Lipinski definition) is 5. The van der Waals surface area contributed by atoms with Gasteiger partial charge in [0.15, 0.2) is 0 Å². The smallest absolute Gasteiger partial charge is 0.225 e. The number of allylic oxidation sites excluding steroid dienone is 2. The number of amides is 1. The van der Waals surface area contributed by atoms with E-state index in [1.165, 1.54) is 5.56 Å². The molecule has 2 N–H and O–H groups in total. The zero-order valence-corrected chi connectivity index (χ0v) is 17.4. The van der Waals surface area contributed by atoms with Crippen molar-refractivity contribution in [1.29, 1.82) is 0 Å². The van der Waals surface area contributed by atoms with Crippen molar-refractivity contribution in [2.24, 2.45) is 11.7 Å². The minimum Gasteiger partial charge on any atom is -0.405 e. The van der Waals surface area contributed by atoms with Gasteiger partial charge in [-0.25, -0.2) is 0 Å².